The first-order valence-electron chi connectivity index (χ1n) is 9.59. The van der Waals surface area contributed by atoms with E-state index < -0.39 is 0 Å². The van der Waals surface area contributed by atoms with Crippen LogP contribution in [0.4, 0.5) is 0 Å². The second-order valence-corrected chi connectivity index (χ2v) is 8.61. The number of fused-ring (bicyclic) bond motifs is 4. The zero-order valence-corrected chi connectivity index (χ0v) is 15.4. The molecule has 1 aliphatic carbocycles. The van der Waals surface area contributed by atoms with Gasteiger partial charge in [0.05, 0.1) is 5.69 Å². The lowest BCUT2D eigenvalue weighted by Crippen LogP contribution is -2.47. The van der Waals surface area contributed by atoms with Gasteiger partial charge in [0.25, 0.3) is 5.91 Å². The summed E-state index contributed by atoms with van der Waals surface area (Å²) >= 11 is 1.28. The molecule has 4 aliphatic rings. The normalized spacial score (nSPS) is 28.0. The minimum Gasteiger partial charge on any atom is -0.336 e. The first-order chi connectivity index (χ1) is 11.7. The Hall–Kier alpha value is -1.01. The summed E-state index contributed by atoms with van der Waals surface area (Å²) in [5.41, 5.74) is 0.899. The maximum absolute atomic E-state index is 13.1. The molecule has 3 aliphatic heterocycles. The molecule has 2 bridgehead atoms. The van der Waals surface area contributed by atoms with Crippen molar-refractivity contribution < 1.29 is 4.79 Å². The van der Waals surface area contributed by atoms with Crippen LogP contribution in [0.25, 0.3) is 0 Å². The summed E-state index contributed by atoms with van der Waals surface area (Å²) in [7, 11) is 0. The summed E-state index contributed by atoms with van der Waals surface area (Å²) in [5, 5.41) is 4.18. The first-order valence-corrected chi connectivity index (χ1v) is 10.4. The largest absolute Gasteiger partial charge is 0.336 e. The van der Waals surface area contributed by atoms with E-state index in [1.807, 2.05) is 0 Å². The van der Waals surface area contributed by atoms with Crippen molar-refractivity contribution in [3.05, 3.63) is 10.6 Å². The molecule has 4 heterocycles. The molecule has 1 aromatic heterocycles. The van der Waals surface area contributed by atoms with Crippen molar-refractivity contribution in [2.45, 2.75) is 57.9 Å². The minimum atomic E-state index is 0.177. The van der Waals surface area contributed by atoms with Gasteiger partial charge < -0.3 is 4.90 Å². The van der Waals surface area contributed by atoms with E-state index in [2.05, 4.69) is 26.3 Å². The molecule has 0 N–H and O–H groups in total. The second-order valence-electron chi connectivity index (χ2n) is 7.86. The van der Waals surface area contributed by atoms with Crippen LogP contribution in [0.5, 0.6) is 0 Å². The smallest absolute Gasteiger partial charge is 0.267 e. The first kappa shape index (κ1) is 16.5. The lowest BCUT2D eigenvalue weighted by Gasteiger charge is -2.40. The number of nitrogens with zero attached hydrogens (tertiary/aromatic N) is 4. The zero-order valence-electron chi connectivity index (χ0n) is 14.6. The van der Waals surface area contributed by atoms with E-state index in [0.717, 1.165) is 42.4 Å². The third kappa shape index (κ3) is 3.23. The molecule has 1 aromatic rings. The highest BCUT2D eigenvalue weighted by Gasteiger charge is 2.38. The molecule has 24 heavy (non-hydrogen) atoms. The second kappa shape index (κ2) is 7.08. The molecule has 2 atom stereocenters. The van der Waals surface area contributed by atoms with Crippen LogP contribution < -0.4 is 0 Å². The van der Waals surface area contributed by atoms with Crippen LogP contribution in [-0.4, -0.2) is 57.5 Å². The molecule has 5 nitrogen and oxygen atoms in total. The summed E-state index contributed by atoms with van der Waals surface area (Å²) in [6.07, 6.45) is 8.61. The standard InChI is InChI=1S/C18H28N4OS/c1-2-4-16-17(24-20-19-16)18(23)22-11-14-7-8-15(12-22)21(10-14)9-13-5-3-6-13/h13-15H,2-12H2,1H3/t14-,15-/m0/s1. The monoisotopic (exact) mass is 348 g/mol. The van der Waals surface area contributed by atoms with Crippen LogP contribution in [0.15, 0.2) is 0 Å². The predicted molar refractivity (Wildman–Crippen MR) is 95.2 cm³/mol. The Labute approximate surface area is 148 Å². The van der Waals surface area contributed by atoms with Crippen LogP contribution in [0.3, 0.4) is 0 Å². The van der Waals surface area contributed by atoms with E-state index in [9.17, 15) is 4.79 Å². The maximum atomic E-state index is 13.1. The van der Waals surface area contributed by atoms with Crippen molar-refractivity contribution in [3.8, 4) is 0 Å². The summed E-state index contributed by atoms with van der Waals surface area (Å²) in [4.78, 5) is 18.6. The van der Waals surface area contributed by atoms with Gasteiger partial charge >= 0.3 is 0 Å². The van der Waals surface area contributed by atoms with Gasteiger partial charge in [0.2, 0.25) is 0 Å². The quantitative estimate of drug-likeness (QED) is 0.821. The Morgan fingerprint density at radius 3 is 2.83 bits per heavy atom. The van der Waals surface area contributed by atoms with Gasteiger partial charge in [-0.2, -0.15) is 0 Å². The minimum absolute atomic E-state index is 0.177. The van der Waals surface area contributed by atoms with Crippen molar-refractivity contribution in [3.63, 3.8) is 0 Å². The van der Waals surface area contributed by atoms with Gasteiger partial charge in [0.15, 0.2) is 0 Å². The topological polar surface area (TPSA) is 49.3 Å². The Kier molecular flexibility index (Phi) is 4.86. The molecule has 5 rings (SSSR count). The van der Waals surface area contributed by atoms with Crippen molar-refractivity contribution in [1.29, 1.82) is 0 Å². The van der Waals surface area contributed by atoms with Crippen LogP contribution in [0.1, 0.15) is 60.8 Å². The van der Waals surface area contributed by atoms with E-state index >= 15 is 0 Å². The third-order valence-electron chi connectivity index (χ3n) is 6.07. The van der Waals surface area contributed by atoms with E-state index in [0.29, 0.717) is 12.0 Å². The Morgan fingerprint density at radius 1 is 1.21 bits per heavy atom. The number of hydrogen-bond acceptors (Lipinski definition) is 5. The lowest BCUT2D eigenvalue weighted by molar-refractivity contribution is 0.0720. The van der Waals surface area contributed by atoms with Crippen molar-refractivity contribution in [2.75, 3.05) is 26.2 Å². The predicted octanol–water partition coefficient (Wildman–Crippen LogP) is 2.83. The van der Waals surface area contributed by atoms with Crippen molar-refractivity contribution in [2.24, 2.45) is 11.8 Å². The van der Waals surface area contributed by atoms with Crippen LogP contribution in [0, 0.1) is 11.8 Å². The average Bonchev–Trinajstić information content (AvgIpc) is 2.81. The van der Waals surface area contributed by atoms with Gasteiger partial charge in [-0.05, 0) is 55.5 Å². The van der Waals surface area contributed by atoms with E-state index in [4.69, 9.17) is 0 Å². The highest BCUT2D eigenvalue weighted by atomic mass is 32.1. The molecule has 3 saturated heterocycles. The summed E-state index contributed by atoms with van der Waals surface area (Å²) in [5.74, 6) is 1.73. The van der Waals surface area contributed by atoms with Crippen LogP contribution in [-0.2, 0) is 6.42 Å². The van der Waals surface area contributed by atoms with Gasteiger partial charge in [-0.1, -0.05) is 24.3 Å². The fourth-order valence-electron chi connectivity index (χ4n) is 4.49. The Morgan fingerprint density at radius 2 is 2.08 bits per heavy atom. The van der Waals surface area contributed by atoms with Crippen molar-refractivity contribution in [1.82, 2.24) is 19.4 Å². The Bertz CT molecular complexity index is 585. The molecule has 132 valence electrons. The van der Waals surface area contributed by atoms with Gasteiger partial charge in [-0.25, -0.2) is 0 Å². The number of hydrogen-bond donors (Lipinski definition) is 0. The lowest BCUT2D eigenvalue weighted by atomic mass is 9.83. The molecule has 0 spiro atoms. The molecule has 1 amide bonds. The highest BCUT2D eigenvalue weighted by Crippen LogP contribution is 2.33. The Balaban J connectivity index is 1.46. The number of piperidine rings is 1. The maximum Gasteiger partial charge on any atom is 0.267 e. The fraction of sp³-hybridized carbons (Fsp3) is 0.833. The van der Waals surface area contributed by atoms with E-state index in [1.54, 1.807) is 0 Å². The summed E-state index contributed by atoms with van der Waals surface area (Å²) in [6.45, 7) is 6.38. The molecule has 0 unspecified atom stereocenters. The molecule has 6 heteroatoms. The molecular weight excluding hydrogens is 320 g/mol. The molecule has 1 saturated carbocycles. The molecule has 4 fully saturated rings. The van der Waals surface area contributed by atoms with Crippen LogP contribution >= 0.6 is 11.5 Å². The third-order valence-corrected chi connectivity index (χ3v) is 6.82. The van der Waals surface area contributed by atoms with Crippen molar-refractivity contribution >= 4 is 17.4 Å². The van der Waals surface area contributed by atoms with E-state index in [-0.39, 0.29) is 5.91 Å². The number of rotatable bonds is 5. The van der Waals surface area contributed by atoms with Crippen LogP contribution in [0.2, 0.25) is 0 Å². The number of carbonyl (C=O) groups is 1. The van der Waals surface area contributed by atoms with Gasteiger partial charge in [0, 0.05) is 32.2 Å². The van der Waals surface area contributed by atoms with Gasteiger partial charge in [-0.15, -0.1) is 5.10 Å². The van der Waals surface area contributed by atoms with Gasteiger partial charge in [0.1, 0.15) is 4.88 Å². The van der Waals surface area contributed by atoms with Gasteiger partial charge in [-0.3, -0.25) is 9.69 Å². The molecular formula is C18H28N4OS. The zero-order chi connectivity index (χ0) is 16.5. The number of carbonyl (C=O) groups excluding carboxylic acids is 1. The SMILES string of the molecule is CCCc1nnsc1C(=O)N1C[C@H]2CC[C@@H](C1)N(CC1CCC1)C2. The number of aromatic nitrogens is 2. The fourth-order valence-corrected chi connectivity index (χ4v) is 5.17. The summed E-state index contributed by atoms with van der Waals surface area (Å²) < 4.78 is 4.04. The molecule has 0 aromatic carbocycles. The highest BCUT2D eigenvalue weighted by molar-refractivity contribution is 7.08. The average molecular weight is 349 g/mol. The number of aryl methyl sites for hydroxylation is 1. The molecule has 0 radical (unpaired) electrons. The number of amides is 1. The van der Waals surface area contributed by atoms with E-state index in [1.165, 1.54) is 56.7 Å². The summed E-state index contributed by atoms with van der Waals surface area (Å²) in [6, 6.07) is 0.559.